The second kappa shape index (κ2) is 4.71. The van der Waals surface area contributed by atoms with Gasteiger partial charge in [-0.2, -0.15) is 0 Å². The predicted molar refractivity (Wildman–Crippen MR) is 54.1 cm³/mol. The zero-order valence-electron chi connectivity index (χ0n) is 8.99. The summed E-state index contributed by atoms with van der Waals surface area (Å²) in [4.78, 5) is 5.40. The van der Waals surface area contributed by atoms with Crippen molar-refractivity contribution >= 4 is 5.71 Å². The van der Waals surface area contributed by atoms with Gasteiger partial charge in [0.2, 0.25) is 0 Å². The van der Waals surface area contributed by atoms with E-state index in [1.54, 1.807) is 0 Å². The average Bonchev–Trinajstić information content (AvgIpc) is 2.93. The minimum Gasteiger partial charge on any atom is -1.00 e. The summed E-state index contributed by atoms with van der Waals surface area (Å²) in [5, 5.41) is 6.83. The average molecular weight is 231 g/mol. The molecule has 2 atom stereocenters. The molecule has 3 fully saturated rings. The molecule has 1 saturated carbocycles. The Balaban J connectivity index is 0.000000853. The number of hydrogen-bond acceptors (Lipinski definition) is 2. The largest absolute Gasteiger partial charge is 1.00 e. The summed E-state index contributed by atoms with van der Waals surface area (Å²) in [5.41, 5.74) is 1.32. The minimum atomic E-state index is 0. The number of nitrogens with two attached hydrogens (primary N) is 1. The third-order valence-corrected chi connectivity index (χ3v) is 3.65. The van der Waals surface area contributed by atoms with Crippen LogP contribution in [0.1, 0.15) is 38.5 Å². The fourth-order valence-electron chi connectivity index (χ4n) is 2.63. The van der Waals surface area contributed by atoms with Crippen molar-refractivity contribution < 1.29 is 22.6 Å². The molecule has 2 heterocycles. The molecule has 2 aliphatic heterocycles. The summed E-state index contributed by atoms with van der Waals surface area (Å²) in [7, 11) is 0. The van der Waals surface area contributed by atoms with Gasteiger partial charge in [0.15, 0.2) is 0 Å². The molecule has 3 nitrogen and oxygen atoms in total. The molecule has 0 amide bonds. The molecule has 0 aromatic rings. The lowest BCUT2D eigenvalue weighted by Crippen LogP contribution is -3.00. The van der Waals surface area contributed by atoms with E-state index in [-0.39, 0.29) is 12.4 Å². The Labute approximate surface area is 97.0 Å². The van der Waals surface area contributed by atoms with Crippen LogP contribution in [0.3, 0.4) is 0 Å². The number of oxime groups is 1. The lowest BCUT2D eigenvalue weighted by molar-refractivity contribution is -0.702. The van der Waals surface area contributed by atoms with Crippen molar-refractivity contribution in [1.29, 1.82) is 0 Å². The van der Waals surface area contributed by atoms with Crippen LogP contribution in [-0.4, -0.2) is 24.4 Å². The number of piperidine rings is 1. The maximum absolute atomic E-state index is 5.40. The van der Waals surface area contributed by atoms with Crippen LogP contribution in [0.5, 0.6) is 0 Å². The van der Waals surface area contributed by atoms with Gasteiger partial charge in [-0.05, 0) is 18.8 Å². The molecule has 0 aromatic heterocycles. The van der Waals surface area contributed by atoms with Crippen LogP contribution in [0.25, 0.3) is 0 Å². The second-order valence-electron chi connectivity index (χ2n) is 5.09. The molecule has 86 valence electrons. The number of halogens is 1. The van der Waals surface area contributed by atoms with Crippen LogP contribution < -0.4 is 17.7 Å². The molecule has 2 bridgehead atoms. The molecule has 0 spiro atoms. The molecule has 3 aliphatic rings. The summed E-state index contributed by atoms with van der Waals surface area (Å²) in [6, 6.07) is 1.63. The smallest absolute Gasteiger partial charge is 0.120 e. The van der Waals surface area contributed by atoms with Gasteiger partial charge in [-0.1, -0.05) is 5.16 Å². The molecule has 0 aromatic carbocycles. The Morgan fingerprint density at radius 2 is 1.80 bits per heavy atom. The van der Waals surface area contributed by atoms with Crippen LogP contribution in [0.2, 0.25) is 0 Å². The highest BCUT2D eigenvalue weighted by molar-refractivity contribution is 5.85. The molecule has 2 N–H and O–H groups in total. The monoisotopic (exact) mass is 230 g/mol. The van der Waals surface area contributed by atoms with E-state index in [1.165, 1.54) is 44.2 Å². The van der Waals surface area contributed by atoms with Gasteiger partial charge in [0.05, 0.1) is 17.8 Å². The third-order valence-electron chi connectivity index (χ3n) is 3.65. The van der Waals surface area contributed by atoms with Crippen molar-refractivity contribution in [3.63, 3.8) is 0 Å². The van der Waals surface area contributed by atoms with Crippen molar-refractivity contribution in [2.24, 2.45) is 11.1 Å². The first-order valence-electron chi connectivity index (χ1n) is 5.93. The summed E-state index contributed by atoms with van der Waals surface area (Å²) >= 11 is 0. The van der Waals surface area contributed by atoms with E-state index in [2.05, 4.69) is 10.5 Å². The summed E-state index contributed by atoms with van der Waals surface area (Å²) < 4.78 is 0. The van der Waals surface area contributed by atoms with Gasteiger partial charge in [0, 0.05) is 25.7 Å². The van der Waals surface area contributed by atoms with E-state index in [0.717, 1.165) is 24.6 Å². The summed E-state index contributed by atoms with van der Waals surface area (Å²) in [6.07, 6.45) is 7.80. The molecular weight excluding hydrogens is 212 g/mol. The number of fused-ring (bicyclic) bond motifs is 2. The van der Waals surface area contributed by atoms with E-state index in [4.69, 9.17) is 4.84 Å². The van der Waals surface area contributed by atoms with Gasteiger partial charge in [0.1, 0.15) is 6.61 Å². The van der Waals surface area contributed by atoms with E-state index >= 15 is 0 Å². The maximum atomic E-state index is 5.40. The summed E-state index contributed by atoms with van der Waals surface area (Å²) in [5.74, 6) is 0.825. The van der Waals surface area contributed by atoms with Crippen molar-refractivity contribution in [2.75, 3.05) is 6.61 Å². The van der Waals surface area contributed by atoms with Gasteiger partial charge in [-0.15, -0.1) is 0 Å². The number of hydrogen-bond donors (Lipinski definition) is 1. The van der Waals surface area contributed by atoms with Gasteiger partial charge in [-0.3, -0.25) is 0 Å². The highest BCUT2D eigenvalue weighted by Crippen LogP contribution is 2.29. The maximum Gasteiger partial charge on any atom is 0.120 e. The topological polar surface area (TPSA) is 38.2 Å². The Hall–Kier alpha value is -0.280. The van der Waals surface area contributed by atoms with Gasteiger partial charge in [-0.25, -0.2) is 0 Å². The molecule has 4 heteroatoms. The fourth-order valence-corrected chi connectivity index (χ4v) is 2.63. The van der Waals surface area contributed by atoms with Crippen molar-refractivity contribution in [3.8, 4) is 0 Å². The van der Waals surface area contributed by atoms with E-state index in [9.17, 15) is 0 Å². The van der Waals surface area contributed by atoms with E-state index in [0.29, 0.717) is 0 Å². The number of quaternary nitrogens is 1. The van der Waals surface area contributed by atoms with Crippen LogP contribution in [-0.2, 0) is 4.84 Å². The van der Waals surface area contributed by atoms with Crippen LogP contribution >= 0.6 is 0 Å². The standard InChI is InChI=1S/C11H18N2O.ClH/c1-2-8(1)7-14-13-11-5-9-3-4-10(6-11)12-9;/h8-10,12H,1-7H2;1H. The first-order valence-corrected chi connectivity index (χ1v) is 5.93. The van der Waals surface area contributed by atoms with E-state index in [1.807, 2.05) is 0 Å². The van der Waals surface area contributed by atoms with Gasteiger partial charge in [0.25, 0.3) is 0 Å². The fraction of sp³-hybridized carbons (Fsp3) is 0.909. The Kier molecular flexibility index (Phi) is 3.52. The van der Waals surface area contributed by atoms with Crippen molar-refractivity contribution in [1.82, 2.24) is 0 Å². The lowest BCUT2D eigenvalue weighted by atomic mass is 10.0. The zero-order valence-corrected chi connectivity index (χ0v) is 9.75. The first-order chi connectivity index (χ1) is 6.90. The highest BCUT2D eigenvalue weighted by atomic mass is 35.5. The van der Waals surface area contributed by atoms with Crippen LogP contribution in [0.15, 0.2) is 5.16 Å². The quantitative estimate of drug-likeness (QED) is 0.543. The number of nitrogens with zero attached hydrogens (tertiary/aromatic N) is 1. The summed E-state index contributed by atoms with van der Waals surface area (Å²) in [6.45, 7) is 0.864. The number of rotatable bonds is 3. The third kappa shape index (κ3) is 2.85. The van der Waals surface area contributed by atoms with E-state index < -0.39 is 0 Å². The molecule has 15 heavy (non-hydrogen) atoms. The normalized spacial score (nSPS) is 33.5. The Bertz CT molecular complexity index is 239. The Morgan fingerprint density at radius 1 is 1.13 bits per heavy atom. The molecule has 3 rings (SSSR count). The minimum absolute atomic E-state index is 0. The molecule has 1 aliphatic carbocycles. The Morgan fingerprint density at radius 3 is 2.40 bits per heavy atom. The van der Waals surface area contributed by atoms with Gasteiger partial charge >= 0.3 is 0 Å². The van der Waals surface area contributed by atoms with Crippen LogP contribution in [0, 0.1) is 5.92 Å². The predicted octanol–water partition coefficient (Wildman–Crippen LogP) is -2.34. The molecule has 0 radical (unpaired) electrons. The van der Waals surface area contributed by atoms with Crippen molar-refractivity contribution in [2.45, 2.75) is 50.6 Å². The van der Waals surface area contributed by atoms with Crippen LogP contribution in [0.4, 0.5) is 0 Å². The lowest BCUT2D eigenvalue weighted by Gasteiger charge is -2.18. The highest BCUT2D eigenvalue weighted by Gasteiger charge is 2.35. The second-order valence-corrected chi connectivity index (χ2v) is 5.09. The van der Waals surface area contributed by atoms with Gasteiger partial charge < -0.3 is 22.6 Å². The van der Waals surface area contributed by atoms with Crippen molar-refractivity contribution in [3.05, 3.63) is 0 Å². The SMILES string of the molecule is C1CC1CON=C1CC2CCC(C1)[NH2+]2.[Cl-]. The zero-order chi connectivity index (χ0) is 9.38. The molecule has 2 unspecified atom stereocenters. The first kappa shape index (κ1) is 11.2. The molecule has 2 saturated heterocycles. The molecular formula is C11H19ClN2O.